The number of aryl methyl sites for hydroxylation is 1. The molecule has 0 bridgehead atoms. The number of aliphatic hydroxyl groups is 1. The van der Waals surface area contributed by atoms with Gasteiger partial charge in [-0.25, -0.2) is 0 Å². The molecule has 0 aliphatic heterocycles. The molecule has 19 heavy (non-hydrogen) atoms. The molecular weight excluding hydrogens is 268 g/mol. The van der Waals surface area contributed by atoms with Crippen LogP contribution < -0.4 is 5.32 Å². The number of aliphatic hydroxyl groups excluding tert-OH is 1. The van der Waals surface area contributed by atoms with Gasteiger partial charge in [-0.15, -0.1) is 0 Å². The summed E-state index contributed by atoms with van der Waals surface area (Å²) in [5.41, 5.74) is 1.09. The lowest BCUT2D eigenvalue weighted by atomic mass is 9.87. The number of carbonyl (C=O) groups is 1. The number of aromatic nitrogens is 1. The molecule has 1 unspecified atom stereocenters. The predicted molar refractivity (Wildman–Crippen MR) is 73.0 cm³/mol. The first kappa shape index (κ1) is 16.0. The van der Waals surface area contributed by atoms with E-state index < -0.39 is 0 Å². The Balaban J connectivity index is 2.49. The number of hydrogen-bond acceptors (Lipinski definition) is 4. The first-order chi connectivity index (χ1) is 8.71. The van der Waals surface area contributed by atoms with Crippen molar-refractivity contribution in [3.8, 4) is 0 Å². The van der Waals surface area contributed by atoms with Crippen LogP contribution in [0.5, 0.6) is 0 Å². The molecule has 5 nitrogen and oxygen atoms in total. The van der Waals surface area contributed by atoms with E-state index in [1.54, 1.807) is 13.8 Å². The van der Waals surface area contributed by atoms with E-state index in [1.807, 2.05) is 13.8 Å². The van der Waals surface area contributed by atoms with Crippen molar-refractivity contribution in [2.75, 3.05) is 6.54 Å². The highest BCUT2D eigenvalue weighted by atomic mass is 35.5. The fourth-order valence-electron chi connectivity index (χ4n) is 1.99. The molecule has 0 aromatic carbocycles. The monoisotopic (exact) mass is 288 g/mol. The van der Waals surface area contributed by atoms with Crippen molar-refractivity contribution >= 4 is 17.5 Å². The van der Waals surface area contributed by atoms with Crippen LogP contribution in [0.25, 0.3) is 0 Å². The van der Waals surface area contributed by atoms with E-state index in [0.717, 1.165) is 0 Å². The highest BCUT2D eigenvalue weighted by Crippen LogP contribution is 2.22. The smallest absolute Gasteiger partial charge is 0.229 e. The van der Waals surface area contributed by atoms with Gasteiger partial charge < -0.3 is 14.9 Å². The summed E-state index contributed by atoms with van der Waals surface area (Å²) in [4.78, 5) is 11.8. The lowest BCUT2D eigenvalue weighted by Gasteiger charge is -2.26. The molecule has 0 aliphatic rings. The van der Waals surface area contributed by atoms with Gasteiger partial charge in [0.2, 0.25) is 11.1 Å². The fraction of sp³-hybridized carbons (Fsp3) is 0.692. The van der Waals surface area contributed by atoms with Gasteiger partial charge in [-0.2, -0.15) is 0 Å². The molecule has 0 aliphatic carbocycles. The van der Waals surface area contributed by atoms with Gasteiger partial charge in [-0.1, -0.05) is 19.0 Å². The van der Waals surface area contributed by atoms with E-state index in [4.69, 9.17) is 16.1 Å². The molecule has 1 aromatic heterocycles. The highest BCUT2D eigenvalue weighted by Gasteiger charge is 2.22. The minimum absolute atomic E-state index is 0.133. The van der Waals surface area contributed by atoms with Gasteiger partial charge >= 0.3 is 0 Å². The Kier molecular flexibility index (Phi) is 5.38. The van der Waals surface area contributed by atoms with E-state index in [0.29, 0.717) is 24.2 Å². The number of rotatable bonds is 6. The fourth-order valence-corrected chi connectivity index (χ4v) is 2.23. The van der Waals surface area contributed by atoms with Crippen LogP contribution in [0.3, 0.4) is 0 Å². The molecule has 2 N–H and O–H groups in total. The molecule has 0 saturated heterocycles. The molecular formula is C13H21ClN2O3. The zero-order chi connectivity index (χ0) is 14.6. The summed E-state index contributed by atoms with van der Waals surface area (Å²) in [5, 5.41) is 16.1. The van der Waals surface area contributed by atoms with Crippen LogP contribution in [-0.4, -0.2) is 28.8 Å². The lowest BCUT2D eigenvalue weighted by Crippen LogP contribution is -2.36. The second-order valence-corrected chi connectivity index (χ2v) is 6.03. The maximum absolute atomic E-state index is 11.8. The molecule has 0 radical (unpaired) electrons. The molecule has 0 spiro atoms. The van der Waals surface area contributed by atoms with Crippen LogP contribution in [-0.2, 0) is 11.2 Å². The Labute approximate surface area is 118 Å². The summed E-state index contributed by atoms with van der Waals surface area (Å²) in [6.45, 7) is 7.98. The number of halogens is 1. The van der Waals surface area contributed by atoms with Crippen LogP contribution in [0, 0.1) is 12.3 Å². The topological polar surface area (TPSA) is 75.4 Å². The summed E-state index contributed by atoms with van der Waals surface area (Å²) in [7, 11) is 0. The quantitative estimate of drug-likeness (QED) is 0.840. The zero-order valence-corrected chi connectivity index (χ0v) is 12.5. The number of nitrogens with zero attached hydrogens (tertiary/aromatic N) is 1. The summed E-state index contributed by atoms with van der Waals surface area (Å²) in [6, 6.07) is 0. The third kappa shape index (κ3) is 5.20. The van der Waals surface area contributed by atoms with Gasteiger partial charge in [-0.3, -0.25) is 4.79 Å². The SMILES string of the molecule is Cc1noc(Cl)c1CC(=O)NCC(C)(C)CC(C)O. The first-order valence-electron chi connectivity index (χ1n) is 6.26. The van der Waals surface area contributed by atoms with Gasteiger partial charge in [-0.05, 0) is 37.3 Å². The third-order valence-electron chi connectivity index (χ3n) is 2.89. The molecule has 0 saturated carbocycles. The minimum atomic E-state index is -0.387. The van der Waals surface area contributed by atoms with Crippen molar-refractivity contribution in [2.24, 2.45) is 5.41 Å². The maximum atomic E-state index is 11.8. The Bertz CT molecular complexity index is 422. The van der Waals surface area contributed by atoms with Crippen molar-refractivity contribution in [3.05, 3.63) is 16.5 Å². The van der Waals surface area contributed by atoms with Gasteiger partial charge in [0.25, 0.3) is 0 Å². The van der Waals surface area contributed by atoms with Gasteiger partial charge in [0.15, 0.2) is 0 Å². The van der Waals surface area contributed by atoms with Crippen LogP contribution in [0.2, 0.25) is 5.22 Å². The normalized spacial score (nSPS) is 13.4. The summed E-state index contributed by atoms with van der Waals surface area (Å²) in [6.07, 6.45) is 0.390. The average molecular weight is 289 g/mol. The summed E-state index contributed by atoms with van der Waals surface area (Å²) >= 11 is 5.81. The largest absolute Gasteiger partial charge is 0.393 e. The van der Waals surface area contributed by atoms with Crippen LogP contribution in [0.4, 0.5) is 0 Å². The van der Waals surface area contributed by atoms with Gasteiger partial charge in [0.05, 0.1) is 18.2 Å². The number of nitrogens with one attached hydrogen (secondary N) is 1. The molecule has 1 rings (SSSR count). The third-order valence-corrected chi connectivity index (χ3v) is 3.18. The lowest BCUT2D eigenvalue weighted by molar-refractivity contribution is -0.121. The van der Waals surface area contributed by atoms with Gasteiger partial charge in [0, 0.05) is 12.1 Å². The predicted octanol–water partition coefficient (Wildman–Crippen LogP) is 2.09. The molecule has 1 aromatic rings. The van der Waals surface area contributed by atoms with Crippen LogP contribution in [0.1, 0.15) is 38.4 Å². The van der Waals surface area contributed by atoms with Gasteiger partial charge in [0.1, 0.15) is 0 Å². The molecule has 1 amide bonds. The summed E-state index contributed by atoms with van der Waals surface area (Å²) < 4.78 is 4.80. The number of carbonyl (C=O) groups excluding carboxylic acids is 1. The van der Waals surface area contributed by atoms with Crippen molar-refractivity contribution < 1.29 is 14.4 Å². The Hall–Kier alpha value is -1.07. The van der Waals surface area contributed by atoms with Crippen molar-refractivity contribution in [1.29, 1.82) is 0 Å². The Morgan fingerprint density at radius 3 is 2.68 bits per heavy atom. The second-order valence-electron chi connectivity index (χ2n) is 5.69. The molecule has 1 atom stereocenters. The second kappa shape index (κ2) is 6.39. The van der Waals surface area contributed by atoms with Crippen molar-refractivity contribution in [3.63, 3.8) is 0 Å². The molecule has 108 valence electrons. The highest BCUT2D eigenvalue weighted by molar-refractivity contribution is 6.29. The number of hydrogen-bond donors (Lipinski definition) is 2. The van der Waals surface area contributed by atoms with E-state index >= 15 is 0 Å². The Morgan fingerprint density at radius 2 is 2.21 bits per heavy atom. The van der Waals surface area contributed by atoms with Crippen LogP contribution in [0.15, 0.2) is 4.52 Å². The van der Waals surface area contributed by atoms with E-state index in [-0.39, 0.29) is 29.1 Å². The average Bonchev–Trinajstić information content (AvgIpc) is 2.57. The van der Waals surface area contributed by atoms with E-state index in [1.165, 1.54) is 0 Å². The maximum Gasteiger partial charge on any atom is 0.229 e. The Morgan fingerprint density at radius 1 is 1.58 bits per heavy atom. The van der Waals surface area contributed by atoms with E-state index in [9.17, 15) is 9.90 Å². The van der Waals surface area contributed by atoms with Crippen LogP contribution >= 0.6 is 11.6 Å². The standard InChI is InChI=1S/C13H21ClN2O3/c1-8(17)6-13(3,4)7-15-11(18)5-10-9(2)16-19-12(10)14/h8,17H,5-7H2,1-4H3,(H,15,18). The first-order valence-corrected chi connectivity index (χ1v) is 6.64. The zero-order valence-electron chi connectivity index (χ0n) is 11.8. The molecule has 0 fully saturated rings. The van der Waals surface area contributed by atoms with Crippen molar-refractivity contribution in [1.82, 2.24) is 10.5 Å². The minimum Gasteiger partial charge on any atom is -0.393 e. The molecule has 1 heterocycles. The summed E-state index contributed by atoms with van der Waals surface area (Å²) in [5.74, 6) is -0.133. The molecule has 6 heteroatoms. The number of amides is 1. The van der Waals surface area contributed by atoms with E-state index in [2.05, 4.69) is 10.5 Å². The van der Waals surface area contributed by atoms with Crippen molar-refractivity contribution in [2.45, 2.75) is 46.6 Å².